The summed E-state index contributed by atoms with van der Waals surface area (Å²) in [5.41, 5.74) is 9.85. The third-order valence-electron chi connectivity index (χ3n) is 8.04. The lowest BCUT2D eigenvalue weighted by Gasteiger charge is -2.27. The summed E-state index contributed by atoms with van der Waals surface area (Å²) in [4.78, 5) is 2.35. The number of hydrogen-bond acceptors (Lipinski definition) is 2. The van der Waals surface area contributed by atoms with Crippen molar-refractivity contribution >= 4 is 49.8 Å². The quantitative estimate of drug-likeness (QED) is 0.217. The predicted octanol–water partition coefficient (Wildman–Crippen LogP) is 11.5. The molecule has 0 radical (unpaired) electrons. The Morgan fingerprint density at radius 1 is 0.405 bits per heavy atom. The van der Waals surface area contributed by atoms with Gasteiger partial charge in [0.25, 0.3) is 0 Å². The minimum absolute atomic E-state index is 0.880. The van der Waals surface area contributed by atoms with Crippen molar-refractivity contribution in [2.45, 2.75) is 0 Å². The van der Waals surface area contributed by atoms with Gasteiger partial charge in [-0.15, -0.1) is 0 Å². The van der Waals surface area contributed by atoms with Crippen molar-refractivity contribution in [1.29, 1.82) is 0 Å². The van der Waals surface area contributed by atoms with Crippen LogP contribution >= 0.6 is 0 Å². The summed E-state index contributed by atoms with van der Waals surface area (Å²) in [5, 5.41) is 4.66. The number of para-hydroxylation sites is 2. The minimum atomic E-state index is 0.880. The van der Waals surface area contributed by atoms with Crippen LogP contribution < -0.4 is 4.90 Å². The Balaban J connectivity index is 1.36. The molecule has 0 atom stereocenters. The second-order valence-corrected chi connectivity index (χ2v) is 10.6. The van der Waals surface area contributed by atoms with Gasteiger partial charge >= 0.3 is 0 Å². The molecular weight excluding hydrogens is 510 g/mol. The standard InChI is InChI=1S/C40H27NO/c1-3-12-28(13-4-1)30-16-9-17-31(26-30)34-21-10-14-29-15-11-22-37(40(29)34)41(32-18-5-2-6-19-32)33-24-25-36-35-20-7-8-23-38(35)42-39(36)27-33/h1-27H. The van der Waals surface area contributed by atoms with Gasteiger partial charge in [-0.05, 0) is 70.1 Å². The highest BCUT2D eigenvalue weighted by Gasteiger charge is 2.19. The summed E-state index contributed by atoms with van der Waals surface area (Å²) < 4.78 is 6.32. The highest BCUT2D eigenvalue weighted by atomic mass is 16.3. The van der Waals surface area contributed by atoms with E-state index in [0.717, 1.165) is 39.0 Å². The van der Waals surface area contributed by atoms with Gasteiger partial charge in [-0.1, -0.05) is 115 Å². The lowest BCUT2D eigenvalue weighted by Crippen LogP contribution is -2.10. The van der Waals surface area contributed by atoms with E-state index in [2.05, 4.69) is 157 Å². The van der Waals surface area contributed by atoms with Crippen LogP contribution in [0.2, 0.25) is 0 Å². The SMILES string of the molecule is c1ccc(-c2cccc(-c3cccc4cccc(N(c5ccccc5)c5ccc6c(c5)oc5ccccc56)c34)c2)cc1. The van der Waals surface area contributed by atoms with Crippen LogP contribution in [-0.2, 0) is 0 Å². The first-order chi connectivity index (χ1) is 20.8. The monoisotopic (exact) mass is 537 g/mol. The van der Waals surface area contributed by atoms with Gasteiger partial charge < -0.3 is 9.32 Å². The fraction of sp³-hybridized carbons (Fsp3) is 0. The molecule has 0 saturated carbocycles. The first kappa shape index (κ1) is 24.2. The summed E-state index contributed by atoms with van der Waals surface area (Å²) in [6, 6.07) is 58.0. The van der Waals surface area contributed by atoms with Gasteiger partial charge in [-0.2, -0.15) is 0 Å². The van der Waals surface area contributed by atoms with E-state index in [1.54, 1.807) is 0 Å². The van der Waals surface area contributed by atoms with Crippen molar-refractivity contribution in [2.75, 3.05) is 4.90 Å². The average Bonchev–Trinajstić information content (AvgIpc) is 3.44. The smallest absolute Gasteiger partial charge is 0.137 e. The Morgan fingerprint density at radius 3 is 1.93 bits per heavy atom. The molecule has 0 N–H and O–H groups in total. The van der Waals surface area contributed by atoms with E-state index in [1.807, 2.05) is 12.1 Å². The zero-order valence-corrected chi connectivity index (χ0v) is 22.9. The summed E-state index contributed by atoms with van der Waals surface area (Å²) in [5.74, 6) is 0. The fourth-order valence-electron chi connectivity index (χ4n) is 6.10. The highest BCUT2D eigenvalue weighted by Crippen LogP contribution is 2.44. The molecule has 198 valence electrons. The molecule has 0 fully saturated rings. The molecule has 2 nitrogen and oxygen atoms in total. The third kappa shape index (κ3) is 4.13. The number of fused-ring (bicyclic) bond motifs is 4. The third-order valence-corrected chi connectivity index (χ3v) is 8.04. The van der Waals surface area contributed by atoms with E-state index >= 15 is 0 Å². The molecule has 0 unspecified atom stereocenters. The second-order valence-electron chi connectivity index (χ2n) is 10.6. The number of anilines is 3. The molecular formula is C40H27NO. The predicted molar refractivity (Wildman–Crippen MR) is 177 cm³/mol. The summed E-state index contributed by atoms with van der Waals surface area (Å²) in [6.07, 6.45) is 0. The van der Waals surface area contributed by atoms with Crippen molar-refractivity contribution in [3.63, 3.8) is 0 Å². The lowest BCUT2D eigenvalue weighted by atomic mass is 9.93. The maximum absolute atomic E-state index is 6.32. The van der Waals surface area contributed by atoms with Gasteiger partial charge in [0.1, 0.15) is 11.2 Å². The number of nitrogens with zero attached hydrogens (tertiary/aromatic N) is 1. The van der Waals surface area contributed by atoms with Crippen LogP contribution in [0.3, 0.4) is 0 Å². The largest absolute Gasteiger partial charge is 0.456 e. The summed E-state index contributed by atoms with van der Waals surface area (Å²) >= 11 is 0. The van der Waals surface area contributed by atoms with Crippen molar-refractivity contribution in [2.24, 2.45) is 0 Å². The lowest BCUT2D eigenvalue weighted by molar-refractivity contribution is 0.669. The van der Waals surface area contributed by atoms with Crippen LogP contribution in [0.1, 0.15) is 0 Å². The van der Waals surface area contributed by atoms with Crippen molar-refractivity contribution in [1.82, 2.24) is 0 Å². The molecule has 42 heavy (non-hydrogen) atoms. The molecule has 8 aromatic rings. The molecule has 1 aromatic heterocycles. The topological polar surface area (TPSA) is 16.4 Å². The van der Waals surface area contributed by atoms with E-state index in [0.29, 0.717) is 0 Å². The molecule has 0 saturated heterocycles. The number of benzene rings is 7. The summed E-state index contributed by atoms with van der Waals surface area (Å²) in [7, 11) is 0. The molecule has 0 bridgehead atoms. The van der Waals surface area contributed by atoms with Crippen LogP contribution in [0, 0.1) is 0 Å². The zero-order chi connectivity index (χ0) is 27.9. The van der Waals surface area contributed by atoms with Crippen molar-refractivity contribution in [3.05, 3.63) is 164 Å². The fourth-order valence-corrected chi connectivity index (χ4v) is 6.10. The first-order valence-electron chi connectivity index (χ1n) is 14.3. The van der Waals surface area contributed by atoms with Crippen molar-refractivity contribution in [3.8, 4) is 22.3 Å². The Labute approximate surface area is 244 Å². The summed E-state index contributed by atoms with van der Waals surface area (Å²) in [6.45, 7) is 0. The number of furan rings is 1. The molecule has 0 amide bonds. The van der Waals surface area contributed by atoms with Crippen LogP contribution in [0.25, 0.3) is 55.0 Å². The van der Waals surface area contributed by atoms with Gasteiger partial charge in [0.05, 0.1) is 5.69 Å². The minimum Gasteiger partial charge on any atom is -0.456 e. The Hall–Kier alpha value is -5.60. The molecule has 0 spiro atoms. The Bertz CT molecular complexity index is 2190. The Kier molecular flexibility index (Phi) is 5.82. The molecule has 0 aliphatic heterocycles. The van der Waals surface area contributed by atoms with E-state index in [-0.39, 0.29) is 0 Å². The molecule has 0 aliphatic rings. The van der Waals surface area contributed by atoms with Gasteiger partial charge in [0.15, 0.2) is 0 Å². The zero-order valence-electron chi connectivity index (χ0n) is 22.9. The first-order valence-corrected chi connectivity index (χ1v) is 14.3. The molecule has 8 rings (SSSR count). The number of hydrogen-bond donors (Lipinski definition) is 0. The molecule has 7 aromatic carbocycles. The maximum atomic E-state index is 6.32. The normalized spacial score (nSPS) is 11.3. The van der Waals surface area contributed by atoms with E-state index in [1.165, 1.54) is 33.0 Å². The van der Waals surface area contributed by atoms with Crippen molar-refractivity contribution < 1.29 is 4.42 Å². The van der Waals surface area contributed by atoms with Gasteiger partial charge in [0.2, 0.25) is 0 Å². The van der Waals surface area contributed by atoms with Crippen LogP contribution in [0.5, 0.6) is 0 Å². The van der Waals surface area contributed by atoms with Gasteiger partial charge in [-0.3, -0.25) is 0 Å². The Morgan fingerprint density at radius 2 is 1.07 bits per heavy atom. The molecule has 0 aliphatic carbocycles. The molecule has 2 heteroatoms. The highest BCUT2D eigenvalue weighted by molar-refractivity contribution is 6.09. The van der Waals surface area contributed by atoms with E-state index < -0.39 is 0 Å². The average molecular weight is 538 g/mol. The van der Waals surface area contributed by atoms with Crippen LogP contribution in [0.15, 0.2) is 168 Å². The molecule has 1 heterocycles. The number of rotatable bonds is 5. The van der Waals surface area contributed by atoms with E-state index in [4.69, 9.17) is 4.42 Å². The van der Waals surface area contributed by atoms with E-state index in [9.17, 15) is 0 Å². The second kappa shape index (κ2) is 10.1. The van der Waals surface area contributed by atoms with Crippen LogP contribution in [-0.4, -0.2) is 0 Å². The van der Waals surface area contributed by atoms with Gasteiger partial charge in [0, 0.05) is 33.6 Å². The van der Waals surface area contributed by atoms with Gasteiger partial charge in [-0.25, -0.2) is 0 Å². The maximum Gasteiger partial charge on any atom is 0.137 e. The van der Waals surface area contributed by atoms with Crippen LogP contribution in [0.4, 0.5) is 17.1 Å².